The van der Waals surface area contributed by atoms with Crippen LogP contribution < -0.4 is 11.1 Å². The molecular weight excluding hydrogens is 329 g/mol. The van der Waals surface area contributed by atoms with Crippen LogP contribution in [0.4, 0.5) is 18.9 Å². The van der Waals surface area contributed by atoms with Gasteiger partial charge in [0.1, 0.15) is 6.04 Å². The Bertz CT molecular complexity index is 792. The third kappa shape index (κ3) is 3.39. The number of nitrogens with zero attached hydrogens (tertiary/aromatic N) is 4. The summed E-state index contributed by atoms with van der Waals surface area (Å²) >= 11 is 0. The molecular formula is C13H15F3N6O2. The van der Waals surface area contributed by atoms with E-state index in [1.165, 1.54) is 31.8 Å². The molecule has 0 aliphatic carbocycles. The maximum Gasteiger partial charge on any atom is 0.435 e. The lowest BCUT2D eigenvalue weighted by Gasteiger charge is -2.14. The third-order valence-electron chi connectivity index (χ3n) is 3.28. The number of hydrogen-bond donors (Lipinski definition) is 2. The first-order chi connectivity index (χ1) is 11.0. The summed E-state index contributed by atoms with van der Waals surface area (Å²) in [6.45, 7) is 2.79. The number of anilines is 1. The van der Waals surface area contributed by atoms with Crippen molar-refractivity contribution < 1.29 is 22.8 Å². The maximum atomic E-state index is 12.7. The second-order valence-electron chi connectivity index (χ2n) is 5.21. The maximum absolute atomic E-state index is 12.7. The van der Waals surface area contributed by atoms with Gasteiger partial charge in [-0.2, -0.15) is 23.4 Å². The lowest BCUT2D eigenvalue weighted by atomic mass is 10.2. The minimum atomic E-state index is -4.60. The van der Waals surface area contributed by atoms with Gasteiger partial charge >= 0.3 is 6.18 Å². The van der Waals surface area contributed by atoms with E-state index in [0.717, 1.165) is 10.7 Å². The predicted molar refractivity (Wildman–Crippen MR) is 77.0 cm³/mol. The number of nitrogens with two attached hydrogens (primary N) is 1. The summed E-state index contributed by atoms with van der Waals surface area (Å²) in [7, 11) is 1.53. The minimum absolute atomic E-state index is 0.0719. The largest absolute Gasteiger partial charge is 0.435 e. The summed E-state index contributed by atoms with van der Waals surface area (Å²) < 4.78 is 40.3. The van der Waals surface area contributed by atoms with Crippen molar-refractivity contribution in [2.45, 2.75) is 26.1 Å². The normalized spacial score (nSPS) is 12.9. The zero-order valence-electron chi connectivity index (χ0n) is 13.0. The molecule has 11 heteroatoms. The Kier molecular flexibility index (Phi) is 4.36. The number of amides is 2. The van der Waals surface area contributed by atoms with E-state index in [1.807, 2.05) is 0 Å². The molecule has 0 aliphatic heterocycles. The average Bonchev–Trinajstić information content (AvgIpc) is 3.00. The molecule has 2 heterocycles. The van der Waals surface area contributed by atoms with Crippen LogP contribution in [0, 0.1) is 6.92 Å². The molecule has 2 amide bonds. The van der Waals surface area contributed by atoms with Gasteiger partial charge < -0.3 is 11.1 Å². The molecule has 0 aliphatic rings. The molecule has 0 radical (unpaired) electrons. The average molecular weight is 344 g/mol. The van der Waals surface area contributed by atoms with Gasteiger partial charge in [0.2, 0.25) is 5.91 Å². The van der Waals surface area contributed by atoms with Gasteiger partial charge in [0.05, 0.1) is 5.69 Å². The monoisotopic (exact) mass is 344 g/mol. The number of halogens is 3. The van der Waals surface area contributed by atoms with Crippen LogP contribution in [-0.2, 0) is 18.0 Å². The van der Waals surface area contributed by atoms with E-state index >= 15 is 0 Å². The molecule has 0 bridgehead atoms. The molecule has 8 nitrogen and oxygen atoms in total. The van der Waals surface area contributed by atoms with Crippen LogP contribution in [0.15, 0.2) is 12.3 Å². The second-order valence-corrected chi connectivity index (χ2v) is 5.21. The third-order valence-corrected chi connectivity index (χ3v) is 3.28. The Morgan fingerprint density at radius 3 is 2.46 bits per heavy atom. The SMILES string of the molecule is Cc1cc(C(F)(F)F)nn1C(C)C(=O)Nc1cn(C)nc1C(N)=O. The van der Waals surface area contributed by atoms with Crippen molar-refractivity contribution in [3.05, 3.63) is 29.3 Å². The van der Waals surface area contributed by atoms with Gasteiger partial charge in [-0.05, 0) is 19.9 Å². The summed E-state index contributed by atoms with van der Waals surface area (Å²) in [6.07, 6.45) is -3.24. The molecule has 0 saturated heterocycles. The van der Waals surface area contributed by atoms with Crippen molar-refractivity contribution in [2.75, 3.05) is 5.32 Å². The van der Waals surface area contributed by atoms with Crippen LogP contribution in [0.3, 0.4) is 0 Å². The number of alkyl halides is 3. The molecule has 3 N–H and O–H groups in total. The highest BCUT2D eigenvalue weighted by Crippen LogP contribution is 2.29. The van der Waals surface area contributed by atoms with E-state index in [9.17, 15) is 22.8 Å². The predicted octanol–water partition coefficient (Wildman–Crippen LogP) is 1.24. The molecule has 0 fully saturated rings. The Hall–Kier alpha value is -2.85. The number of carbonyl (C=O) groups excluding carboxylic acids is 2. The quantitative estimate of drug-likeness (QED) is 0.870. The van der Waals surface area contributed by atoms with Gasteiger partial charge in [-0.3, -0.25) is 19.0 Å². The van der Waals surface area contributed by atoms with Crippen molar-refractivity contribution in [2.24, 2.45) is 12.8 Å². The molecule has 0 aromatic carbocycles. The minimum Gasteiger partial charge on any atom is -0.364 e. The fourth-order valence-electron chi connectivity index (χ4n) is 2.13. The van der Waals surface area contributed by atoms with Gasteiger partial charge in [0, 0.05) is 18.9 Å². The number of rotatable bonds is 4. The molecule has 130 valence electrons. The first kappa shape index (κ1) is 17.5. The number of primary amides is 1. The summed E-state index contributed by atoms with van der Waals surface area (Å²) in [4.78, 5) is 23.5. The first-order valence-electron chi connectivity index (χ1n) is 6.78. The Balaban J connectivity index is 2.25. The Morgan fingerprint density at radius 1 is 1.33 bits per heavy atom. The number of aromatic nitrogens is 4. The van der Waals surface area contributed by atoms with Crippen molar-refractivity contribution in [3.63, 3.8) is 0 Å². The highest BCUT2D eigenvalue weighted by atomic mass is 19.4. The fourth-order valence-corrected chi connectivity index (χ4v) is 2.13. The number of hydrogen-bond acceptors (Lipinski definition) is 4. The van der Waals surface area contributed by atoms with E-state index in [1.54, 1.807) is 0 Å². The summed E-state index contributed by atoms with van der Waals surface area (Å²) in [6, 6.07) is -0.190. The van der Waals surface area contributed by atoms with Crippen molar-refractivity contribution >= 4 is 17.5 Å². The molecule has 2 rings (SSSR count). The van der Waals surface area contributed by atoms with Gasteiger partial charge in [-0.15, -0.1) is 0 Å². The van der Waals surface area contributed by atoms with Crippen LogP contribution in [0.2, 0.25) is 0 Å². The van der Waals surface area contributed by atoms with E-state index in [0.29, 0.717) is 0 Å². The molecule has 24 heavy (non-hydrogen) atoms. The lowest BCUT2D eigenvalue weighted by Crippen LogP contribution is -2.26. The molecule has 0 spiro atoms. The van der Waals surface area contributed by atoms with Gasteiger partial charge in [0.25, 0.3) is 5.91 Å². The van der Waals surface area contributed by atoms with Gasteiger partial charge in [-0.25, -0.2) is 0 Å². The first-order valence-corrected chi connectivity index (χ1v) is 6.78. The van der Waals surface area contributed by atoms with Crippen LogP contribution in [0.1, 0.15) is 34.8 Å². The summed E-state index contributed by atoms with van der Waals surface area (Å²) in [5.74, 6) is -1.50. The summed E-state index contributed by atoms with van der Waals surface area (Å²) in [5.41, 5.74) is 4.17. The number of aryl methyl sites for hydroxylation is 2. The van der Waals surface area contributed by atoms with Crippen LogP contribution in [0.25, 0.3) is 0 Å². The molecule has 1 atom stereocenters. The second kappa shape index (κ2) is 5.98. The Morgan fingerprint density at radius 2 is 1.96 bits per heavy atom. The number of carbonyl (C=O) groups is 2. The lowest BCUT2D eigenvalue weighted by molar-refractivity contribution is -0.141. The van der Waals surface area contributed by atoms with Gasteiger partial charge in [0.15, 0.2) is 11.4 Å². The Labute approximate surface area is 134 Å². The molecule has 1 unspecified atom stereocenters. The van der Waals surface area contributed by atoms with E-state index in [-0.39, 0.29) is 17.1 Å². The van der Waals surface area contributed by atoms with Gasteiger partial charge in [-0.1, -0.05) is 0 Å². The van der Waals surface area contributed by atoms with Crippen LogP contribution in [0.5, 0.6) is 0 Å². The topological polar surface area (TPSA) is 108 Å². The standard InChI is InChI=1S/C13H15F3N6O2/c1-6-4-9(13(14,15)16)19-22(6)7(2)12(24)18-8-5-21(3)20-10(8)11(17)23/h4-5,7H,1-3H3,(H2,17,23)(H,18,24). The zero-order valence-corrected chi connectivity index (χ0v) is 13.0. The van der Waals surface area contributed by atoms with Crippen LogP contribution in [-0.4, -0.2) is 31.4 Å². The van der Waals surface area contributed by atoms with E-state index in [2.05, 4.69) is 15.5 Å². The molecule has 2 aromatic heterocycles. The smallest absolute Gasteiger partial charge is 0.364 e. The number of nitrogens with one attached hydrogen (secondary N) is 1. The van der Waals surface area contributed by atoms with E-state index < -0.39 is 29.7 Å². The van der Waals surface area contributed by atoms with Crippen molar-refractivity contribution in [3.8, 4) is 0 Å². The van der Waals surface area contributed by atoms with Crippen molar-refractivity contribution in [1.29, 1.82) is 0 Å². The van der Waals surface area contributed by atoms with Crippen LogP contribution >= 0.6 is 0 Å². The van der Waals surface area contributed by atoms with Crippen molar-refractivity contribution in [1.82, 2.24) is 19.6 Å². The highest BCUT2D eigenvalue weighted by Gasteiger charge is 2.35. The highest BCUT2D eigenvalue weighted by molar-refractivity contribution is 6.02. The van der Waals surface area contributed by atoms with E-state index in [4.69, 9.17) is 5.73 Å². The summed E-state index contributed by atoms with van der Waals surface area (Å²) in [5, 5.41) is 9.65. The molecule has 0 saturated carbocycles. The molecule has 2 aromatic rings. The zero-order chi connectivity index (χ0) is 18.2. The fraction of sp³-hybridized carbons (Fsp3) is 0.385.